The number of aliphatic carboxylic acids is 1. The number of carbonyl (C=O) groups is 2. The molecule has 0 amide bonds. The fraction of sp³-hybridized carbons (Fsp3) is 0.944. The van der Waals surface area contributed by atoms with Crippen LogP contribution in [0.25, 0.3) is 0 Å². The van der Waals surface area contributed by atoms with E-state index in [0.29, 0.717) is 12.8 Å². The Labute approximate surface area is 254 Å². The van der Waals surface area contributed by atoms with Gasteiger partial charge in [-0.1, -0.05) is 187 Å². The Morgan fingerprint density at radius 1 is 0.488 bits per heavy atom. The first-order valence-electron chi connectivity index (χ1n) is 18.1. The summed E-state index contributed by atoms with van der Waals surface area (Å²) in [6, 6.07) is 0. The first-order chi connectivity index (χ1) is 19.9. The predicted molar refractivity (Wildman–Crippen MR) is 173 cm³/mol. The van der Waals surface area contributed by atoms with Gasteiger partial charge in [-0.05, 0) is 12.8 Å². The molecule has 3 N–H and O–H groups in total. The molecule has 2 atom stereocenters. The molecule has 0 saturated carbocycles. The Bertz CT molecular complexity index is 593. The Morgan fingerprint density at radius 2 is 0.756 bits per heavy atom. The van der Waals surface area contributed by atoms with Crippen molar-refractivity contribution in [2.24, 2.45) is 0 Å². The molecule has 5 heteroatoms. The average Bonchev–Trinajstić information content (AvgIpc) is 2.96. The molecule has 41 heavy (non-hydrogen) atoms. The number of aliphatic hydroxyl groups is 2. The number of hydrogen-bond donors (Lipinski definition) is 3. The van der Waals surface area contributed by atoms with Gasteiger partial charge in [0, 0.05) is 6.42 Å². The molecule has 0 rings (SSSR count). The maximum atomic E-state index is 12.6. The van der Waals surface area contributed by atoms with Gasteiger partial charge < -0.3 is 15.3 Å². The molecule has 0 aromatic carbocycles. The SMILES string of the molecule is CCCCCCCCCCCCCCCCCC(=O)C(O)(C(=O)O)C(O)CCCCCCCCCCCCCCC. The van der Waals surface area contributed by atoms with Gasteiger partial charge in [-0.25, -0.2) is 4.79 Å². The van der Waals surface area contributed by atoms with Crippen LogP contribution in [0.15, 0.2) is 0 Å². The highest BCUT2D eigenvalue weighted by molar-refractivity contribution is 6.06. The van der Waals surface area contributed by atoms with E-state index in [1.165, 1.54) is 128 Å². The van der Waals surface area contributed by atoms with Crippen molar-refractivity contribution in [3.05, 3.63) is 0 Å². The van der Waals surface area contributed by atoms with Crippen molar-refractivity contribution in [2.45, 2.75) is 218 Å². The van der Waals surface area contributed by atoms with Gasteiger partial charge in [-0.2, -0.15) is 0 Å². The van der Waals surface area contributed by atoms with Crippen molar-refractivity contribution < 1.29 is 24.9 Å². The Kier molecular flexibility index (Phi) is 28.5. The molecule has 0 fully saturated rings. The molecular weight excluding hydrogens is 512 g/mol. The third-order valence-corrected chi connectivity index (χ3v) is 8.82. The van der Waals surface area contributed by atoms with Gasteiger partial charge in [-0.15, -0.1) is 0 Å². The van der Waals surface area contributed by atoms with E-state index in [0.717, 1.165) is 38.5 Å². The highest BCUT2D eigenvalue weighted by Gasteiger charge is 2.49. The van der Waals surface area contributed by atoms with Gasteiger partial charge in [0.05, 0.1) is 0 Å². The summed E-state index contributed by atoms with van der Waals surface area (Å²) in [5.74, 6) is -2.37. The second-order valence-electron chi connectivity index (χ2n) is 12.7. The number of aliphatic hydroxyl groups excluding tert-OH is 1. The summed E-state index contributed by atoms with van der Waals surface area (Å²) < 4.78 is 0. The Hall–Kier alpha value is -0.940. The van der Waals surface area contributed by atoms with Crippen LogP contribution in [0.4, 0.5) is 0 Å². The van der Waals surface area contributed by atoms with Crippen LogP contribution in [0.2, 0.25) is 0 Å². The van der Waals surface area contributed by atoms with Crippen LogP contribution in [0.5, 0.6) is 0 Å². The van der Waals surface area contributed by atoms with Crippen LogP contribution < -0.4 is 0 Å². The quantitative estimate of drug-likeness (QED) is 0.0528. The molecule has 0 aliphatic heterocycles. The number of carbonyl (C=O) groups excluding carboxylic acids is 1. The summed E-state index contributed by atoms with van der Waals surface area (Å²) in [5.41, 5.74) is -2.67. The fourth-order valence-corrected chi connectivity index (χ4v) is 5.86. The summed E-state index contributed by atoms with van der Waals surface area (Å²) in [6.07, 6.45) is 32.4. The lowest BCUT2D eigenvalue weighted by atomic mass is 9.86. The smallest absolute Gasteiger partial charge is 0.346 e. The van der Waals surface area contributed by atoms with Gasteiger partial charge in [0.15, 0.2) is 5.78 Å². The van der Waals surface area contributed by atoms with E-state index in [9.17, 15) is 24.9 Å². The van der Waals surface area contributed by atoms with E-state index >= 15 is 0 Å². The zero-order chi connectivity index (χ0) is 30.4. The van der Waals surface area contributed by atoms with E-state index in [4.69, 9.17) is 0 Å². The molecule has 5 nitrogen and oxygen atoms in total. The van der Waals surface area contributed by atoms with Gasteiger partial charge in [0.25, 0.3) is 0 Å². The highest BCUT2D eigenvalue weighted by atomic mass is 16.4. The third kappa shape index (κ3) is 22.3. The van der Waals surface area contributed by atoms with Crippen LogP contribution >= 0.6 is 0 Å². The van der Waals surface area contributed by atoms with Crippen LogP contribution in [-0.4, -0.2) is 38.8 Å². The minimum absolute atomic E-state index is 0.0106. The molecule has 0 spiro atoms. The molecule has 2 unspecified atom stereocenters. The normalized spacial score (nSPS) is 13.8. The maximum absolute atomic E-state index is 12.6. The van der Waals surface area contributed by atoms with Crippen molar-refractivity contribution in [2.75, 3.05) is 0 Å². The number of hydrogen-bond acceptors (Lipinski definition) is 4. The standard InChI is InChI=1S/C36H70O5/c1-3-5-7-9-11-13-15-17-18-20-22-24-26-28-30-32-34(38)36(41,35(39)40)33(37)31-29-27-25-23-21-19-16-14-12-10-8-6-4-2/h33,37,41H,3-32H2,1-2H3,(H,39,40). The van der Waals surface area contributed by atoms with Gasteiger partial charge >= 0.3 is 5.97 Å². The van der Waals surface area contributed by atoms with Crippen molar-refractivity contribution in [1.82, 2.24) is 0 Å². The molecule has 0 aliphatic carbocycles. The molecule has 0 heterocycles. The van der Waals surface area contributed by atoms with Crippen molar-refractivity contribution >= 4 is 11.8 Å². The minimum atomic E-state index is -2.67. The molecular formula is C36H70O5. The summed E-state index contributed by atoms with van der Waals surface area (Å²) in [5, 5.41) is 30.7. The van der Waals surface area contributed by atoms with Crippen LogP contribution in [0.3, 0.4) is 0 Å². The number of ketones is 1. The monoisotopic (exact) mass is 583 g/mol. The average molecular weight is 583 g/mol. The van der Waals surface area contributed by atoms with Gasteiger partial charge in [0.2, 0.25) is 5.60 Å². The first-order valence-corrected chi connectivity index (χ1v) is 18.1. The molecule has 0 saturated heterocycles. The maximum Gasteiger partial charge on any atom is 0.346 e. The predicted octanol–water partition coefficient (Wildman–Crippen LogP) is 10.5. The zero-order valence-corrected chi connectivity index (χ0v) is 27.4. The molecule has 244 valence electrons. The largest absolute Gasteiger partial charge is 0.479 e. The van der Waals surface area contributed by atoms with Gasteiger partial charge in [0.1, 0.15) is 6.10 Å². The second-order valence-corrected chi connectivity index (χ2v) is 12.7. The lowest BCUT2D eigenvalue weighted by Gasteiger charge is -2.27. The van der Waals surface area contributed by atoms with Crippen LogP contribution in [0, 0.1) is 0 Å². The Balaban J connectivity index is 3.83. The topological polar surface area (TPSA) is 94.8 Å². The van der Waals surface area contributed by atoms with E-state index in [2.05, 4.69) is 13.8 Å². The van der Waals surface area contributed by atoms with Crippen molar-refractivity contribution in [1.29, 1.82) is 0 Å². The summed E-state index contributed by atoms with van der Waals surface area (Å²) in [7, 11) is 0. The van der Waals surface area contributed by atoms with Gasteiger partial charge in [-0.3, -0.25) is 4.79 Å². The number of carboxylic acid groups (broad SMARTS) is 1. The van der Waals surface area contributed by atoms with E-state index in [-0.39, 0.29) is 12.8 Å². The van der Waals surface area contributed by atoms with E-state index in [1.807, 2.05) is 0 Å². The van der Waals surface area contributed by atoms with Crippen molar-refractivity contribution in [3.8, 4) is 0 Å². The Morgan fingerprint density at radius 3 is 1.05 bits per heavy atom. The molecule has 0 aliphatic rings. The lowest BCUT2D eigenvalue weighted by Crippen LogP contribution is -2.55. The first kappa shape index (κ1) is 40.1. The number of carboxylic acids is 1. The fourth-order valence-electron chi connectivity index (χ4n) is 5.86. The van der Waals surface area contributed by atoms with Crippen molar-refractivity contribution in [3.63, 3.8) is 0 Å². The molecule has 0 radical (unpaired) electrons. The zero-order valence-electron chi connectivity index (χ0n) is 27.4. The van der Waals surface area contributed by atoms with Crippen LogP contribution in [-0.2, 0) is 9.59 Å². The lowest BCUT2D eigenvalue weighted by molar-refractivity contribution is -0.178. The number of unbranched alkanes of at least 4 members (excludes halogenated alkanes) is 26. The number of Topliss-reactive ketones (excluding diaryl/α,β-unsaturated/α-hetero) is 1. The van der Waals surface area contributed by atoms with E-state index < -0.39 is 23.5 Å². The summed E-state index contributed by atoms with van der Waals surface area (Å²) >= 11 is 0. The molecule has 0 aromatic rings. The summed E-state index contributed by atoms with van der Waals surface area (Å²) in [6.45, 7) is 4.50. The second kappa shape index (κ2) is 29.1. The van der Waals surface area contributed by atoms with E-state index in [1.54, 1.807) is 0 Å². The minimum Gasteiger partial charge on any atom is -0.479 e. The molecule has 0 bridgehead atoms. The van der Waals surface area contributed by atoms with Crippen LogP contribution in [0.1, 0.15) is 206 Å². The number of rotatable bonds is 33. The third-order valence-electron chi connectivity index (χ3n) is 8.82. The summed E-state index contributed by atoms with van der Waals surface area (Å²) in [4.78, 5) is 24.4. The molecule has 0 aromatic heterocycles. The highest BCUT2D eigenvalue weighted by Crippen LogP contribution is 2.23.